The standard InChI is InChI=1S/C18H36N2/c1-15-6-8-16(9-7-15)10-13-20-12-5-11-19-17(14-20)18(2,3)4/h15-17,19H,5-14H2,1-4H3. The van der Waals surface area contributed by atoms with Crippen LogP contribution in [-0.4, -0.2) is 37.1 Å². The zero-order valence-corrected chi connectivity index (χ0v) is 14.3. The van der Waals surface area contributed by atoms with Gasteiger partial charge in [-0.25, -0.2) is 0 Å². The molecule has 2 heteroatoms. The Kier molecular flexibility index (Phi) is 5.92. The smallest absolute Gasteiger partial charge is 0.0243 e. The first-order valence-electron chi connectivity index (χ1n) is 8.91. The highest BCUT2D eigenvalue weighted by atomic mass is 15.2. The Hall–Kier alpha value is -0.0800. The summed E-state index contributed by atoms with van der Waals surface area (Å²) in [5, 5.41) is 3.75. The van der Waals surface area contributed by atoms with E-state index in [1.165, 1.54) is 64.7 Å². The van der Waals surface area contributed by atoms with Crippen LogP contribution in [0.1, 0.15) is 66.2 Å². The summed E-state index contributed by atoms with van der Waals surface area (Å²) in [5.74, 6) is 1.99. The minimum absolute atomic E-state index is 0.378. The predicted octanol–water partition coefficient (Wildman–Crippen LogP) is 3.91. The van der Waals surface area contributed by atoms with E-state index in [2.05, 4.69) is 37.9 Å². The van der Waals surface area contributed by atoms with Crippen LogP contribution in [0.4, 0.5) is 0 Å². The van der Waals surface area contributed by atoms with Crippen LogP contribution in [0.2, 0.25) is 0 Å². The molecular weight excluding hydrogens is 244 g/mol. The highest BCUT2D eigenvalue weighted by molar-refractivity contribution is 4.86. The maximum Gasteiger partial charge on any atom is 0.0243 e. The fraction of sp³-hybridized carbons (Fsp3) is 1.00. The molecule has 20 heavy (non-hydrogen) atoms. The van der Waals surface area contributed by atoms with Gasteiger partial charge >= 0.3 is 0 Å². The summed E-state index contributed by atoms with van der Waals surface area (Å²) in [6.07, 6.45) is 8.65. The summed E-state index contributed by atoms with van der Waals surface area (Å²) in [6.45, 7) is 14.6. The van der Waals surface area contributed by atoms with Gasteiger partial charge < -0.3 is 10.2 Å². The molecule has 1 aliphatic carbocycles. The molecule has 1 saturated heterocycles. The monoisotopic (exact) mass is 280 g/mol. The van der Waals surface area contributed by atoms with Crippen LogP contribution in [-0.2, 0) is 0 Å². The van der Waals surface area contributed by atoms with Crippen molar-refractivity contribution in [2.24, 2.45) is 17.3 Å². The van der Waals surface area contributed by atoms with Gasteiger partial charge in [0.2, 0.25) is 0 Å². The number of hydrogen-bond acceptors (Lipinski definition) is 2. The highest BCUT2D eigenvalue weighted by Gasteiger charge is 2.28. The van der Waals surface area contributed by atoms with E-state index in [4.69, 9.17) is 0 Å². The molecule has 2 rings (SSSR count). The summed E-state index contributed by atoms with van der Waals surface area (Å²) in [5.41, 5.74) is 0.378. The predicted molar refractivity (Wildman–Crippen MR) is 88.0 cm³/mol. The maximum absolute atomic E-state index is 3.75. The van der Waals surface area contributed by atoms with Crippen molar-refractivity contribution in [1.82, 2.24) is 10.2 Å². The normalized spacial score (nSPS) is 33.9. The maximum atomic E-state index is 3.75. The molecular formula is C18H36N2. The van der Waals surface area contributed by atoms with Gasteiger partial charge in [0.1, 0.15) is 0 Å². The lowest BCUT2D eigenvalue weighted by atomic mass is 9.81. The van der Waals surface area contributed by atoms with Gasteiger partial charge in [-0.1, -0.05) is 53.4 Å². The average molecular weight is 281 g/mol. The molecule has 118 valence electrons. The molecule has 0 aromatic rings. The summed E-state index contributed by atoms with van der Waals surface area (Å²) >= 11 is 0. The van der Waals surface area contributed by atoms with Crippen molar-refractivity contribution in [3.05, 3.63) is 0 Å². The summed E-state index contributed by atoms with van der Waals surface area (Å²) in [6, 6.07) is 0.649. The molecule has 1 unspecified atom stereocenters. The molecule has 1 aliphatic heterocycles. The van der Waals surface area contributed by atoms with Crippen molar-refractivity contribution in [3.8, 4) is 0 Å². The second kappa shape index (κ2) is 7.26. The van der Waals surface area contributed by atoms with E-state index in [9.17, 15) is 0 Å². The third-order valence-electron chi connectivity index (χ3n) is 5.52. The first-order chi connectivity index (χ1) is 9.45. The second-order valence-corrected chi connectivity index (χ2v) is 8.44. The van der Waals surface area contributed by atoms with Gasteiger partial charge in [-0.2, -0.15) is 0 Å². The first-order valence-corrected chi connectivity index (χ1v) is 8.91. The quantitative estimate of drug-likeness (QED) is 0.843. The van der Waals surface area contributed by atoms with Crippen LogP contribution in [0.3, 0.4) is 0 Å². The number of nitrogens with one attached hydrogen (secondary N) is 1. The van der Waals surface area contributed by atoms with Gasteiger partial charge in [0.25, 0.3) is 0 Å². The van der Waals surface area contributed by atoms with Gasteiger partial charge in [0.15, 0.2) is 0 Å². The topological polar surface area (TPSA) is 15.3 Å². The number of rotatable bonds is 3. The summed E-state index contributed by atoms with van der Waals surface area (Å²) in [7, 11) is 0. The molecule has 1 saturated carbocycles. The molecule has 0 aromatic heterocycles. The van der Waals surface area contributed by atoms with Crippen molar-refractivity contribution in [3.63, 3.8) is 0 Å². The molecule has 1 N–H and O–H groups in total. The van der Waals surface area contributed by atoms with Crippen LogP contribution >= 0.6 is 0 Å². The van der Waals surface area contributed by atoms with E-state index in [1.807, 2.05) is 0 Å². The third kappa shape index (κ3) is 5.04. The van der Waals surface area contributed by atoms with E-state index in [-0.39, 0.29) is 0 Å². The van der Waals surface area contributed by atoms with Crippen molar-refractivity contribution in [2.75, 3.05) is 26.2 Å². The third-order valence-corrected chi connectivity index (χ3v) is 5.52. The fourth-order valence-corrected chi connectivity index (χ4v) is 3.76. The second-order valence-electron chi connectivity index (χ2n) is 8.44. The van der Waals surface area contributed by atoms with Crippen LogP contribution in [0, 0.1) is 17.3 Å². The van der Waals surface area contributed by atoms with Crippen molar-refractivity contribution < 1.29 is 0 Å². The van der Waals surface area contributed by atoms with Gasteiger partial charge in [-0.3, -0.25) is 0 Å². The molecule has 1 atom stereocenters. The molecule has 1 heterocycles. The largest absolute Gasteiger partial charge is 0.312 e. The molecule has 0 spiro atoms. The summed E-state index contributed by atoms with van der Waals surface area (Å²) < 4.78 is 0. The number of nitrogens with zero attached hydrogens (tertiary/aromatic N) is 1. The molecule has 0 amide bonds. The van der Waals surface area contributed by atoms with Crippen molar-refractivity contribution >= 4 is 0 Å². The van der Waals surface area contributed by atoms with E-state index in [1.54, 1.807) is 0 Å². The molecule has 2 aliphatic rings. The van der Waals surface area contributed by atoms with Gasteiger partial charge in [-0.05, 0) is 49.7 Å². The minimum Gasteiger partial charge on any atom is -0.312 e. The van der Waals surface area contributed by atoms with Crippen LogP contribution in [0.5, 0.6) is 0 Å². The van der Waals surface area contributed by atoms with Crippen molar-refractivity contribution in [2.45, 2.75) is 72.3 Å². The van der Waals surface area contributed by atoms with E-state index < -0.39 is 0 Å². The molecule has 0 bridgehead atoms. The lowest BCUT2D eigenvalue weighted by Gasteiger charge is -2.34. The van der Waals surface area contributed by atoms with E-state index in [0.717, 1.165) is 11.8 Å². The zero-order valence-electron chi connectivity index (χ0n) is 14.3. The summed E-state index contributed by atoms with van der Waals surface area (Å²) in [4.78, 5) is 2.73. The molecule has 2 fully saturated rings. The van der Waals surface area contributed by atoms with E-state index >= 15 is 0 Å². The lowest BCUT2D eigenvalue weighted by Crippen LogP contribution is -2.46. The first kappa shape index (κ1) is 16.3. The average Bonchev–Trinajstić information content (AvgIpc) is 2.63. The molecule has 0 aromatic carbocycles. The van der Waals surface area contributed by atoms with Crippen molar-refractivity contribution in [1.29, 1.82) is 0 Å². The van der Waals surface area contributed by atoms with Gasteiger partial charge in [0.05, 0.1) is 0 Å². The van der Waals surface area contributed by atoms with Crippen LogP contribution in [0.25, 0.3) is 0 Å². The van der Waals surface area contributed by atoms with Crippen LogP contribution < -0.4 is 5.32 Å². The highest BCUT2D eigenvalue weighted by Crippen LogP contribution is 2.30. The van der Waals surface area contributed by atoms with Gasteiger partial charge in [0, 0.05) is 12.6 Å². The van der Waals surface area contributed by atoms with E-state index in [0.29, 0.717) is 11.5 Å². The Morgan fingerprint density at radius 3 is 2.45 bits per heavy atom. The fourth-order valence-electron chi connectivity index (χ4n) is 3.76. The zero-order chi connectivity index (χ0) is 14.6. The Balaban J connectivity index is 1.76. The minimum atomic E-state index is 0.378. The SMILES string of the molecule is CC1CCC(CCN2CCCNC(C(C)(C)C)C2)CC1. The Morgan fingerprint density at radius 2 is 1.80 bits per heavy atom. The lowest BCUT2D eigenvalue weighted by molar-refractivity contribution is 0.177. The molecule has 2 nitrogen and oxygen atoms in total. The molecule has 0 radical (unpaired) electrons. The number of hydrogen-bond donors (Lipinski definition) is 1. The van der Waals surface area contributed by atoms with Crippen LogP contribution in [0.15, 0.2) is 0 Å². The Morgan fingerprint density at radius 1 is 1.10 bits per heavy atom. The van der Waals surface area contributed by atoms with Gasteiger partial charge in [-0.15, -0.1) is 0 Å². The Labute approximate surface area is 126 Å². The Bertz CT molecular complexity index is 274.